The Bertz CT molecular complexity index is 649. The number of rotatable bonds is 4. The van der Waals surface area contributed by atoms with Gasteiger partial charge in [-0.2, -0.15) is 0 Å². The van der Waals surface area contributed by atoms with Crippen molar-refractivity contribution in [3.63, 3.8) is 0 Å². The molecule has 0 radical (unpaired) electrons. The summed E-state index contributed by atoms with van der Waals surface area (Å²) in [6.45, 7) is 3.26. The number of hydrogen-bond acceptors (Lipinski definition) is 3. The van der Waals surface area contributed by atoms with Gasteiger partial charge < -0.3 is 19.1 Å². The highest BCUT2D eigenvalue weighted by Crippen LogP contribution is 2.29. The van der Waals surface area contributed by atoms with E-state index in [9.17, 15) is 9.90 Å². The molecule has 6 heteroatoms. The van der Waals surface area contributed by atoms with Gasteiger partial charge in [0.2, 0.25) is 5.91 Å². The normalized spacial score (nSPS) is 21.2. The van der Waals surface area contributed by atoms with Gasteiger partial charge in [0.25, 0.3) is 0 Å². The van der Waals surface area contributed by atoms with Crippen LogP contribution in [0.5, 0.6) is 0 Å². The van der Waals surface area contributed by atoms with E-state index in [0.717, 1.165) is 19.4 Å². The maximum Gasteiger partial charge on any atom is 0.245 e. The summed E-state index contributed by atoms with van der Waals surface area (Å²) in [6, 6.07) is 3.63. The van der Waals surface area contributed by atoms with Crippen LogP contribution in [0.2, 0.25) is 0 Å². The minimum absolute atomic E-state index is 0.0330. The third-order valence-corrected chi connectivity index (χ3v) is 4.77. The van der Waals surface area contributed by atoms with E-state index in [1.54, 1.807) is 6.20 Å². The maximum absolute atomic E-state index is 12.7. The van der Waals surface area contributed by atoms with Crippen LogP contribution < -0.4 is 0 Å². The molecule has 6 nitrogen and oxygen atoms in total. The van der Waals surface area contributed by atoms with Gasteiger partial charge in [0.05, 0.1) is 0 Å². The molecule has 0 bridgehead atoms. The van der Waals surface area contributed by atoms with E-state index < -0.39 is 6.10 Å². The van der Waals surface area contributed by atoms with Crippen molar-refractivity contribution in [1.82, 2.24) is 19.0 Å². The van der Waals surface area contributed by atoms with Gasteiger partial charge in [-0.3, -0.25) is 4.79 Å². The topological polar surface area (TPSA) is 63.3 Å². The molecule has 2 aromatic rings. The van der Waals surface area contributed by atoms with Gasteiger partial charge in [0.15, 0.2) is 0 Å². The number of aliphatic hydroxyl groups excluding tert-OH is 1. The van der Waals surface area contributed by atoms with E-state index in [0.29, 0.717) is 12.4 Å². The van der Waals surface area contributed by atoms with Crippen LogP contribution in [-0.4, -0.2) is 43.1 Å². The number of nitrogens with zero attached hydrogens (tertiary/aromatic N) is 4. The van der Waals surface area contributed by atoms with Crippen molar-refractivity contribution in [2.75, 3.05) is 13.1 Å². The molecule has 1 fully saturated rings. The van der Waals surface area contributed by atoms with Gasteiger partial charge in [0, 0.05) is 50.8 Å². The third kappa shape index (κ3) is 3.17. The maximum atomic E-state index is 12.7. The van der Waals surface area contributed by atoms with Crippen molar-refractivity contribution in [3.05, 3.63) is 42.7 Å². The fraction of sp³-hybridized carbons (Fsp3) is 0.529. The molecule has 3 rings (SSSR count). The highest BCUT2D eigenvalue weighted by molar-refractivity contribution is 5.80. The van der Waals surface area contributed by atoms with Gasteiger partial charge in [-0.05, 0) is 31.9 Å². The monoisotopic (exact) mass is 316 g/mol. The van der Waals surface area contributed by atoms with Crippen LogP contribution in [0, 0.1) is 5.92 Å². The molecule has 3 heterocycles. The molecule has 3 unspecified atom stereocenters. The molecule has 0 aromatic carbocycles. The van der Waals surface area contributed by atoms with Gasteiger partial charge in [-0.25, -0.2) is 4.98 Å². The van der Waals surface area contributed by atoms with Crippen LogP contribution in [-0.2, 0) is 11.8 Å². The highest BCUT2D eigenvalue weighted by Gasteiger charge is 2.32. The van der Waals surface area contributed by atoms with Crippen molar-refractivity contribution >= 4 is 5.91 Å². The molecule has 1 amide bonds. The Morgan fingerprint density at radius 3 is 2.74 bits per heavy atom. The van der Waals surface area contributed by atoms with Crippen molar-refractivity contribution in [3.8, 4) is 0 Å². The fourth-order valence-corrected chi connectivity index (χ4v) is 3.34. The second-order valence-electron chi connectivity index (χ2n) is 6.33. The summed E-state index contributed by atoms with van der Waals surface area (Å²) >= 11 is 0. The molecule has 3 atom stereocenters. The van der Waals surface area contributed by atoms with Crippen molar-refractivity contribution in [1.29, 1.82) is 0 Å². The first-order valence-electron chi connectivity index (χ1n) is 8.14. The van der Waals surface area contributed by atoms with Crippen molar-refractivity contribution in [2.24, 2.45) is 13.0 Å². The average molecular weight is 316 g/mol. The number of hydrogen-bond donors (Lipinski definition) is 1. The van der Waals surface area contributed by atoms with Crippen LogP contribution in [0.4, 0.5) is 0 Å². The minimum atomic E-state index is -0.632. The quantitative estimate of drug-likeness (QED) is 0.935. The number of imidazole rings is 1. The van der Waals surface area contributed by atoms with Gasteiger partial charge in [-0.15, -0.1) is 0 Å². The van der Waals surface area contributed by atoms with E-state index >= 15 is 0 Å². The van der Waals surface area contributed by atoms with Crippen LogP contribution in [0.15, 0.2) is 36.9 Å². The molecule has 1 N–H and O–H groups in total. The van der Waals surface area contributed by atoms with Gasteiger partial charge in [0.1, 0.15) is 18.0 Å². The van der Waals surface area contributed by atoms with E-state index in [1.807, 2.05) is 58.7 Å². The summed E-state index contributed by atoms with van der Waals surface area (Å²) in [4.78, 5) is 18.8. The molecular formula is C17H24N4O2. The number of likely N-dealkylation sites (tertiary alicyclic amines) is 1. The number of piperidine rings is 1. The number of aromatic nitrogens is 3. The molecule has 1 saturated heterocycles. The van der Waals surface area contributed by atoms with E-state index in [1.165, 1.54) is 0 Å². The SMILES string of the molecule is CC(C(=O)N1CCCC(C(O)c2nccn2C)C1)n1cccc1. The summed E-state index contributed by atoms with van der Waals surface area (Å²) < 4.78 is 3.76. The Balaban J connectivity index is 1.68. The molecule has 23 heavy (non-hydrogen) atoms. The molecule has 0 aliphatic carbocycles. The minimum Gasteiger partial charge on any atom is -0.385 e. The molecule has 2 aromatic heterocycles. The second-order valence-corrected chi connectivity index (χ2v) is 6.33. The zero-order chi connectivity index (χ0) is 16.4. The lowest BCUT2D eigenvalue weighted by molar-refractivity contribution is -0.137. The second kappa shape index (κ2) is 6.58. The lowest BCUT2D eigenvalue weighted by atomic mass is 9.91. The molecule has 0 spiro atoms. The number of aryl methyl sites for hydroxylation is 1. The standard InChI is InChI=1S/C17H24N4O2/c1-13(20-8-3-4-9-20)17(23)21-10-5-6-14(12-21)15(22)16-18-7-11-19(16)2/h3-4,7-9,11,13-15,22H,5-6,10,12H2,1-2H3. The first kappa shape index (κ1) is 15.8. The summed E-state index contributed by atoms with van der Waals surface area (Å²) in [7, 11) is 1.88. The van der Waals surface area contributed by atoms with Crippen molar-refractivity contribution < 1.29 is 9.90 Å². The van der Waals surface area contributed by atoms with Crippen LogP contribution in [0.1, 0.15) is 37.7 Å². The summed E-state index contributed by atoms with van der Waals surface area (Å²) in [5.74, 6) is 0.811. The molecular weight excluding hydrogens is 292 g/mol. The third-order valence-electron chi connectivity index (χ3n) is 4.77. The molecule has 124 valence electrons. The number of carbonyl (C=O) groups is 1. The van der Waals surface area contributed by atoms with Crippen molar-refractivity contribution in [2.45, 2.75) is 31.9 Å². The highest BCUT2D eigenvalue weighted by atomic mass is 16.3. The number of carbonyl (C=O) groups excluding carboxylic acids is 1. The lowest BCUT2D eigenvalue weighted by Crippen LogP contribution is -2.44. The Hall–Kier alpha value is -2.08. The van der Waals surface area contributed by atoms with Crippen LogP contribution in [0.25, 0.3) is 0 Å². The largest absolute Gasteiger partial charge is 0.385 e. The Morgan fingerprint density at radius 1 is 1.35 bits per heavy atom. The van der Waals surface area contributed by atoms with E-state index in [4.69, 9.17) is 0 Å². The molecule has 0 saturated carbocycles. The Labute approximate surface area is 136 Å². The Kier molecular flexibility index (Phi) is 4.52. The average Bonchev–Trinajstić information content (AvgIpc) is 3.24. The first-order chi connectivity index (χ1) is 11.1. The smallest absolute Gasteiger partial charge is 0.245 e. The fourth-order valence-electron chi connectivity index (χ4n) is 3.34. The summed E-state index contributed by atoms with van der Waals surface area (Å²) in [6.07, 6.45) is 8.54. The summed E-state index contributed by atoms with van der Waals surface area (Å²) in [5.41, 5.74) is 0. The molecule has 1 aliphatic rings. The van der Waals surface area contributed by atoms with Gasteiger partial charge in [-0.1, -0.05) is 0 Å². The summed E-state index contributed by atoms with van der Waals surface area (Å²) in [5, 5.41) is 10.6. The van der Waals surface area contributed by atoms with E-state index in [2.05, 4.69) is 4.98 Å². The predicted molar refractivity (Wildman–Crippen MR) is 86.6 cm³/mol. The van der Waals surface area contributed by atoms with Gasteiger partial charge >= 0.3 is 0 Å². The first-order valence-corrected chi connectivity index (χ1v) is 8.14. The lowest BCUT2D eigenvalue weighted by Gasteiger charge is -2.36. The zero-order valence-electron chi connectivity index (χ0n) is 13.7. The predicted octanol–water partition coefficient (Wildman–Crippen LogP) is 1.75. The molecule has 1 aliphatic heterocycles. The number of amides is 1. The van der Waals surface area contributed by atoms with Crippen LogP contribution in [0.3, 0.4) is 0 Å². The number of aliphatic hydroxyl groups is 1. The zero-order valence-corrected chi connectivity index (χ0v) is 13.7. The van der Waals surface area contributed by atoms with E-state index in [-0.39, 0.29) is 17.9 Å². The Morgan fingerprint density at radius 2 is 2.09 bits per heavy atom. The van der Waals surface area contributed by atoms with Crippen LogP contribution >= 0.6 is 0 Å².